The van der Waals surface area contributed by atoms with Gasteiger partial charge in [0.1, 0.15) is 0 Å². The maximum absolute atomic E-state index is 13.5. The van der Waals surface area contributed by atoms with Crippen molar-refractivity contribution in [2.45, 2.75) is 19.4 Å². The zero-order valence-electron chi connectivity index (χ0n) is 20.2. The van der Waals surface area contributed by atoms with Crippen LogP contribution in [-0.2, 0) is 17.8 Å². The van der Waals surface area contributed by atoms with Crippen LogP contribution in [-0.4, -0.2) is 27.9 Å². The zero-order valence-corrected chi connectivity index (χ0v) is 20.2. The second kappa shape index (κ2) is 9.15. The molecule has 5 aromatic rings. The summed E-state index contributed by atoms with van der Waals surface area (Å²) in [5.41, 5.74) is 5.82. The molecule has 2 aliphatic rings. The molecule has 38 heavy (non-hydrogen) atoms. The van der Waals surface area contributed by atoms with E-state index in [0.29, 0.717) is 17.9 Å². The summed E-state index contributed by atoms with van der Waals surface area (Å²) >= 11 is 0. The molecule has 0 radical (unpaired) electrons. The minimum atomic E-state index is -0.441. The molecule has 186 valence electrons. The molecule has 7 rings (SSSR count). The van der Waals surface area contributed by atoms with Gasteiger partial charge in [0.2, 0.25) is 12.7 Å². The van der Waals surface area contributed by atoms with Crippen molar-refractivity contribution in [3.05, 3.63) is 101 Å². The van der Waals surface area contributed by atoms with E-state index in [1.54, 1.807) is 0 Å². The molecule has 0 saturated carbocycles. The Morgan fingerprint density at radius 1 is 0.921 bits per heavy atom. The van der Waals surface area contributed by atoms with Crippen LogP contribution in [0.5, 0.6) is 11.5 Å². The largest absolute Gasteiger partial charge is 0.454 e. The summed E-state index contributed by atoms with van der Waals surface area (Å²) in [7, 11) is 0. The Bertz CT molecular complexity index is 1730. The van der Waals surface area contributed by atoms with E-state index in [-0.39, 0.29) is 19.3 Å². The number of rotatable bonds is 5. The van der Waals surface area contributed by atoms with Crippen LogP contribution < -0.4 is 9.47 Å². The fourth-order valence-electron chi connectivity index (χ4n) is 4.93. The van der Waals surface area contributed by atoms with Crippen molar-refractivity contribution >= 4 is 28.5 Å². The lowest BCUT2D eigenvalue weighted by atomic mass is 10.0. The molecule has 3 aromatic carbocycles. The molecule has 3 heterocycles. The van der Waals surface area contributed by atoms with E-state index >= 15 is 0 Å². The van der Waals surface area contributed by atoms with Crippen LogP contribution >= 0.6 is 0 Å². The third-order valence-corrected chi connectivity index (χ3v) is 6.70. The van der Waals surface area contributed by atoms with Crippen LogP contribution in [0.4, 0.5) is 0 Å². The normalized spacial score (nSPS) is 14.7. The minimum absolute atomic E-state index is 0.121. The van der Waals surface area contributed by atoms with Crippen molar-refractivity contribution in [1.29, 1.82) is 0 Å². The minimum Gasteiger partial charge on any atom is -0.454 e. The van der Waals surface area contributed by atoms with E-state index in [2.05, 4.69) is 16.3 Å². The van der Waals surface area contributed by atoms with Crippen molar-refractivity contribution in [2.24, 2.45) is 0 Å². The highest BCUT2D eigenvalue weighted by Crippen LogP contribution is 2.39. The molecule has 0 unspecified atom stereocenters. The summed E-state index contributed by atoms with van der Waals surface area (Å²) in [6, 6.07) is 22.9. The smallest absolute Gasteiger partial charge is 0.339 e. The SMILES string of the molecule is O=C(OCc1nnc(-c2ccccc2)o1)c1c2c(nc3ccccc13)/C(=C/c1ccc3c(c1)OCO3)CC2. The van der Waals surface area contributed by atoms with Crippen LogP contribution in [0.15, 0.2) is 77.2 Å². The Hall–Kier alpha value is -4.98. The van der Waals surface area contributed by atoms with Crippen LogP contribution in [0, 0.1) is 0 Å². The fraction of sp³-hybridized carbons (Fsp3) is 0.133. The number of fused-ring (bicyclic) bond motifs is 3. The lowest BCUT2D eigenvalue weighted by molar-refractivity contribution is 0.0440. The van der Waals surface area contributed by atoms with Crippen LogP contribution in [0.25, 0.3) is 34.0 Å². The third-order valence-electron chi connectivity index (χ3n) is 6.70. The fourth-order valence-corrected chi connectivity index (χ4v) is 4.93. The number of pyridine rings is 1. The Kier molecular flexibility index (Phi) is 5.36. The summed E-state index contributed by atoms with van der Waals surface area (Å²) in [6.07, 6.45) is 3.54. The molecule has 8 nitrogen and oxygen atoms in total. The van der Waals surface area contributed by atoms with Crippen molar-refractivity contribution in [3.63, 3.8) is 0 Å². The average molecular weight is 504 g/mol. The first-order valence-electron chi connectivity index (χ1n) is 12.3. The topological polar surface area (TPSA) is 96.6 Å². The van der Waals surface area contributed by atoms with E-state index in [4.69, 9.17) is 23.6 Å². The van der Waals surface area contributed by atoms with Gasteiger partial charge in [-0.25, -0.2) is 9.78 Å². The summed E-state index contributed by atoms with van der Waals surface area (Å²) in [5, 5.41) is 8.88. The van der Waals surface area contributed by atoms with Gasteiger partial charge in [0, 0.05) is 10.9 Å². The van der Waals surface area contributed by atoms with E-state index in [1.165, 1.54) is 0 Å². The number of hydrogen-bond acceptors (Lipinski definition) is 8. The van der Waals surface area contributed by atoms with Gasteiger partial charge in [-0.3, -0.25) is 0 Å². The van der Waals surface area contributed by atoms with Crippen LogP contribution in [0.2, 0.25) is 0 Å². The molecule has 0 amide bonds. The number of esters is 1. The van der Waals surface area contributed by atoms with Crippen molar-refractivity contribution in [3.8, 4) is 23.0 Å². The average Bonchev–Trinajstić information content (AvgIpc) is 3.71. The molecular formula is C30H21N3O5. The molecule has 0 spiro atoms. The first kappa shape index (κ1) is 22.2. The van der Waals surface area contributed by atoms with Crippen molar-refractivity contribution < 1.29 is 23.4 Å². The van der Waals surface area contributed by atoms with Gasteiger partial charge in [-0.1, -0.05) is 42.5 Å². The number of para-hydroxylation sites is 1. The van der Waals surface area contributed by atoms with Gasteiger partial charge in [-0.05, 0) is 65.9 Å². The number of carbonyl (C=O) groups excluding carboxylic acids is 1. The Labute approximate surface area is 217 Å². The molecule has 0 N–H and O–H groups in total. The molecule has 8 heteroatoms. The molecule has 0 fully saturated rings. The second-order valence-electron chi connectivity index (χ2n) is 9.06. The number of carbonyl (C=O) groups is 1. The van der Waals surface area contributed by atoms with Gasteiger partial charge in [0.15, 0.2) is 18.1 Å². The summed E-state index contributed by atoms with van der Waals surface area (Å²) in [5.74, 6) is 1.64. The van der Waals surface area contributed by atoms with Crippen molar-refractivity contribution in [2.75, 3.05) is 6.79 Å². The van der Waals surface area contributed by atoms with Gasteiger partial charge >= 0.3 is 5.97 Å². The Morgan fingerprint density at radius 2 is 1.76 bits per heavy atom. The lowest BCUT2D eigenvalue weighted by Crippen LogP contribution is -2.10. The number of aromatic nitrogens is 3. The number of allylic oxidation sites excluding steroid dienone is 1. The second-order valence-corrected chi connectivity index (χ2v) is 9.06. The first-order valence-corrected chi connectivity index (χ1v) is 12.3. The van der Waals surface area contributed by atoms with Crippen LogP contribution in [0.3, 0.4) is 0 Å². The summed E-state index contributed by atoms with van der Waals surface area (Å²) in [6.45, 7) is 0.109. The van der Waals surface area contributed by atoms with Gasteiger partial charge in [0.25, 0.3) is 5.89 Å². The molecule has 2 aromatic heterocycles. The van der Waals surface area contributed by atoms with Gasteiger partial charge in [-0.2, -0.15) is 0 Å². The predicted molar refractivity (Wildman–Crippen MR) is 139 cm³/mol. The lowest BCUT2D eigenvalue weighted by Gasteiger charge is -2.12. The molecule has 0 bridgehead atoms. The molecule has 0 saturated heterocycles. The molecular weight excluding hydrogens is 482 g/mol. The molecule has 0 atom stereocenters. The van der Waals surface area contributed by atoms with Gasteiger partial charge in [0.05, 0.1) is 16.8 Å². The van der Waals surface area contributed by atoms with E-state index in [1.807, 2.05) is 72.8 Å². The molecule has 1 aliphatic carbocycles. The predicted octanol–water partition coefficient (Wildman–Crippen LogP) is 5.86. The third kappa shape index (κ3) is 3.96. The van der Waals surface area contributed by atoms with Crippen LogP contribution in [0.1, 0.15) is 39.5 Å². The highest BCUT2D eigenvalue weighted by Gasteiger charge is 2.28. The first-order chi connectivity index (χ1) is 18.7. The van der Waals surface area contributed by atoms with E-state index in [0.717, 1.165) is 56.8 Å². The Morgan fingerprint density at radius 3 is 2.68 bits per heavy atom. The quantitative estimate of drug-likeness (QED) is 0.275. The summed E-state index contributed by atoms with van der Waals surface area (Å²) < 4.78 is 22.4. The highest BCUT2D eigenvalue weighted by molar-refractivity contribution is 6.07. The number of hydrogen-bond donors (Lipinski definition) is 0. The highest BCUT2D eigenvalue weighted by atomic mass is 16.7. The molecule has 1 aliphatic heterocycles. The maximum atomic E-state index is 13.5. The number of benzene rings is 3. The van der Waals surface area contributed by atoms with E-state index in [9.17, 15) is 4.79 Å². The Balaban J connectivity index is 1.20. The van der Waals surface area contributed by atoms with Gasteiger partial charge < -0.3 is 18.6 Å². The number of nitrogens with zero attached hydrogens (tertiary/aromatic N) is 3. The monoisotopic (exact) mass is 503 g/mol. The zero-order chi connectivity index (χ0) is 25.5. The maximum Gasteiger partial charge on any atom is 0.339 e. The van der Waals surface area contributed by atoms with E-state index < -0.39 is 5.97 Å². The number of ether oxygens (including phenoxy) is 3. The van der Waals surface area contributed by atoms with Crippen molar-refractivity contribution in [1.82, 2.24) is 15.2 Å². The van der Waals surface area contributed by atoms with Gasteiger partial charge in [-0.15, -0.1) is 10.2 Å². The standard InChI is InChI=1S/C30H21N3O5/c34-30(35-16-26-32-33-29(38-26)19-6-2-1-3-7-19)27-21-8-4-5-9-23(21)31-28-20(11-12-22(27)28)14-18-10-13-24-25(15-18)37-17-36-24/h1-10,13-15H,11-12,16-17H2/b20-14+. The summed E-state index contributed by atoms with van der Waals surface area (Å²) in [4.78, 5) is 18.4.